The van der Waals surface area contributed by atoms with Crippen molar-refractivity contribution < 1.29 is 9.62 Å². The van der Waals surface area contributed by atoms with Crippen LogP contribution in [0.25, 0.3) is 0 Å². The predicted molar refractivity (Wildman–Crippen MR) is 74.1 cm³/mol. The zero-order valence-electron chi connectivity index (χ0n) is 11.0. The van der Waals surface area contributed by atoms with E-state index in [1.165, 1.54) is 17.3 Å². The maximum Gasteiger partial charge on any atom is 0.262 e. The van der Waals surface area contributed by atoms with Crippen molar-refractivity contribution in [3.05, 3.63) is 34.8 Å². The molecule has 0 fully saturated rings. The smallest absolute Gasteiger partial charge is 0.262 e. The number of aryl methyl sites for hydroxylation is 3. The summed E-state index contributed by atoms with van der Waals surface area (Å²) >= 11 is 1.28. The van der Waals surface area contributed by atoms with Crippen LogP contribution in [-0.4, -0.2) is 21.0 Å². The third kappa shape index (κ3) is 2.36. The summed E-state index contributed by atoms with van der Waals surface area (Å²) in [5, 5.41) is 13.2. The van der Waals surface area contributed by atoms with Gasteiger partial charge in [-0.1, -0.05) is 5.16 Å². The first kappa shape index (κ1) is 13.0. The Morgan fingerprint density at radius 1 is 1.45 bits per heavy atom. The minimum Gasteiger partial charge on any atom is -0.439 e. The van der Waals surface area contributed by atoms with Crippen LogP contribution < -0.4 is 5.73 Å². The summed E-state index contributed by atoms with van der Waals surface area (Å²) in [6.07, 6.45) is 4.62. The van der Waals surface area contributed by atoms with Crippen LogP contribution in [0.2, 0.25) is 0 Å². The van der Waals surface area contributed by atoms with Crippen LogP contribution in [0.1, 0.15) is 28.9 Å². The molecule has 7 heteroatoms. The second kappa shape index (κ2) is 5.16. The van der Waals surface area contributed by atoms with Crippen LogP contribution in [0.5, 0.6) is 0 Å². The second-order valence-corrected chi connectivity index (χ2v) is 5.58. The van der Waals surface area contributed by atoms with Crippen molar-refractivity contribution in [2.45, 2.75) is 36.4 Å². The Labute approximate surface area is 120 Å². The van der Waals surface area contributed by atoms with Crippen molar-refractivity contribution in [3.8, 4) is 0 Å². The third-order valence-corrected chi connectivity index (χ3v) is 4.05. The van der Waals surface area contributed by atoms with Crippen molar-refractivity contribution in [2.24, 2.45) is 10.9 Å². The number of fused-ring (bicyclic) bond motifs is 1. The van der Waals surface area contributed by atoms with Crippen LogP contribution in [0.3, 0.4) is 0 Å². The summed E-state index contributed by atoms with van der Waals surface area (Å²) < 4.78 is 5.32. The van der Waals surface area contributed by atoms with Gasteiger partial charge < -0.3 is 15.4 Å². The highest BCUT2D eigenvalue weighted by Crippen LogP contribution is 2.32. The maximum absolute atomic E-state index is 8.92. The van der Waals surface area contributed by atoms with E-state index in [0.29, 0.717) is 15.8 Å². The molecular formula is C13H14N4O2S. The molecule has 0 radical (unpaired) electrons. The molecule has 1 aliphatic carbocycles. The number of rotatable bonds is 3. The van der Waals surface area contributed by atoms with E-state index in [4.69, 9.17) is 15.4 Å². The van der Waals surface area contributed by atoms with Gasteiger partial charge in [-0.05, 0) is 49.6 Å². The summed E-state index contributed by atoms with van der Waals surface area (Å²) in [5.74, 6) is 0.0537. The van der Waals surface area contributed by atoms with Crippen LogP contribution in [0.4, 0.5) is 0 Å². The van der Waals surface area contributed by atoms with Gasteiger partial charge in [-0.25, -0.2) is 9.97 Å². The second-order valence-electron chi connectivity index (χ2n) is 4.64. The van der Waals surface area contributed by atoms with Gasteiger partial charge in [0, 0.05) is 5.69 Å². The fourth-order valence-corrected chi connectivity index (χ4v) is 3.11. The van der Waals surface area contributed by atoms with Gasteiger partial charge in [0.05, 0.1) is 11.3 Å². The molecule has 0 aliphatic heterocycles. The molecule has 104 valence electrons. The highest BCUT2D eigenvalue weighted by atomic mass is 32.2. The molecule has 0 atom stereocenters. The van der Waals surface area contributed by atoms with Crippen LogP contribution >= 0.6 is 11.8 Å². The monoisotopic (exact) mass is 290 g/mol. The summed E-state index contributed by atoms with van der Waals surface area (Å²) in [6, 6.07) is 1.95. The lowest BCUT2D eigenvalue weighted by Gasteiger charge is -2.08. The number of oxazole rings is 1. The zero-order chi connectivity index (χ0) is 14.1. The highest BCUT2D eigenvalue weighted by Gasteiger charge is 2.20. The van der Waals surface area contributed by atoms with E-state index in [-0.39, 0.29) is 5.84 Å². The number of pyridine rings is 1. The Kier molecular flexibility index (Phi) is 3.35. The van der Waals surface area contributed by atoms with E-state index < -0.39 is 0 Å². The highest BCUT2D eigenvalue weighted by molar-refractivity contribution is 7.99. The number of hydrogen-bond donors (Lipinski definition) is 2. The first-order valence-electron chi connectivity index (χ1n) is 6.28. The topological polar surface area (TPSA) is 97.5 Å². The standard InChI is InChI=1S/C13H14N4O2S/c1-7-6-19-13(15-7)20-12-9(11(14)17-18)5-8-3-2-4-10(8)16-12/h5-6,18H,2-4H2,1H3,(H2,14,17). The fraction of sp³-hybridized carbons (Fsp3) is 0.308. The first-order valence-corrected chi connectivity index (χ1v) is 7.09. The average Bonchev–Trinajstić information content (AvgIpc) is 3.05. The van der Waals surface area contributed by atoms with Gasteiger partial charge in [0.1, 0.15) is 11.3 Å². The molecule has 3 rings (SSSR count). The largest absolute Gasteiger partial charge is 0.439 e. The molecular weight excluding hydrogens is 276 g/mol. The molecule has 0 spiro atoms. The molecule has 6 nitrogen and oxygen atoms in total. The number of nitrogens with zero attached hydrogens (tertiary/aromatic N) is 3. The number of amidine groups is 1. The van der Waals surface area contributed by atoms with Crippen molar-refractivity contribution >= 4 is 17.6 Å². The van der Waals surface area contributed by atoms with E-state index in [9.17, 15) is 0 Å². The van der Waals surface area contributed by atoms with Gasteiger partial charge in [0.15, 0.2) is 5.84 Å². The summed E-state index contributed by atoms with van der Waals surface area (Å²) in [7, 11) is 0. The molecule has 0 saturated heterocycles. The van der Waals surface area contributed by atoms with Crippen molar-refractivity contribution in [1.82, 2.24) is 9.97 Å². The Morgan fingerprint density at radius 3 is 3.00 bits per heavy atom. The number of aromatic nitrogens is 2. The molecule has 1 aliphatic rings. The molecule has 0 unspecified atom stereocenters. The van der Waals surface area contributed by atoms with E-state index >= 15 is 0 Å². The van der Waals surface area contributed by atoms with Gasteiger partial charge in [-0.2, -0.15) is 0 Å². The van der Waals surface area contributed by atoms with Gasteiger partial charge in [-0.15, -0.1) is 0 Å². The molecule has 0 saturated carbocycles. The van der Waals surface area contributed by atoms with Crippen LogP contribution in [0.15, 0.2) is 32.2 Å². The fourth-order valence-electron chi connectivity index (χ4n) is 2.23. The van der Waals surface area contributed by atoms with E-state index in [2.05, 4.69) is 15.1 Å². The number of nitrogens with two attached hydrogens (primary N) is 1. The average molecular weight is 290 g/mol. The van der Waals surface area contributed by atoms with Gasteiger partial charge >= 0.3 is 0 Å². The summed E-state index contributed by atoms with van der Waals surface area (Å²) in [5.41, 5.74) is 9.41. The molecule has 3 N–H and O–H groups in total. The van der Waals surface area contributed by atoms with Crippen molar-refractivity contribution in [1.29, 1.82) is 0 Å². The Balaban J connectivity index is 2.03. The lowest BCUT2D eigenvalue weighted by molar-refractivity contribution is 0.318. The molecule has 0 aromatic carbocycles. The Bertz CT molecular complexity index is 681. The van der Waals surface area contributed by atoms with Gasteiger partial charge in [-0.3, -0.25) is 0 Å². The number of oxime groups is 1. The van der Waals surface area contributed by atoms with E-state index in [1.807, 2.05) is 13.0 Å². The molecule has 2 heterocycles. The van der Waals surface area contributed by atoms with E-state index in [1.54, 1.807) is 6.26 Å². The molecule has 2 aromatic rings. The third-order valence-electron chi connectivity index (χ3n) is 3.18. The van der Waals surface area contributed by atoms with Gasteiger partial charge in [0.2, 0.25) is 0 Å². The molecule has 0 bridgehead atoms. The van der Waals surface area contributed by atoms with E-state index in [0.717, 1.165) is 30.7 Å². The normalized spacial score (nSPS) is 14.6. The Hall–Kier alpha value is -2.02. The van der Waals surface area contributed by atoms with Crippen LogP contribution in [0, 0.1) is 6.92 Å². The predicted octanol–water partition coefficient (Wildman–Crippen LogP) is 2.11. The Morgan fingerprint density at radius 2 is 2.30 bits per heavy atom. The van der Waals surface area contributed by atoms with Crippen LogP contribution in [-0.2, 0) is 12.8 Å². The van der Waals surface area contributed by atoms with Gasteiger partial charge in [0.25, 0.3) is 5.22 Å². The molecule has 2 aromatic heterocycles. The molecule has 20 heavy (non-hydrogen) atoms. The minimum atomic E-state index is 0.0537. The SMILES string of the molecule is Cc1coc(Sc2nc3c(cc2C(N)=NO)CCC3)n1. The minimum absolute atomic E-state index is 0.0537. The lowest BCUT2D eigenvalue weighted by atomic mass is 10.1. The van der Waals surface area contributed by atoms with Crippen molar-refractivity contribution in [2.75, 3.05) is 0 Å². The molecule has 0 amide bonds. The van der Waals surface area contributed by atoms with Crippen molar-refractivity contribution in [3.63, 3.8) is 0 Å². The lowest BCUT2D eigenvalue weighted by Crippen LogP contribution is -2.16. The maximum atomic E-state index is 8.92. The number of hydrogen-bond acceptors (Lipinski definition) is 6. The zero-order valence-corrected chi connectivity index (χ0v) is 11.8. The first-order chi connectivity index (χ1) is 9.67. The summed E-state index contributed by atoms with van der Waals surface area (Å²) in [4.78, 5) is 8.86. The quantitative estimate of drug-likeness (QED) is 0.389. The summed E-state index contributed by atoms with van der Waals surface area (Å²) in [6.45, 7) is 1.86.